The van der Waals surface area contributed by atoms with Crippen LogP contribution in [0.2, 0.25) is 0 Å². The van der Waals surface area contributed by atoms with E-state index in [2.05, 4.69) is 10.0 Å². The molecule has 0 aliphatic heterocycles. The topological polar surface area (TPSA) is 111 Å². The molecule has 1 amide bonds. The number of methoxy groups -OCH3 is 1. The molecule has 0 bridgehead atoms. The van der Waals surface area contributed by atoms with Crippen molar-refractivity contribution in [2.75, 3.05) is 19.0 Å². The van der Waals surface area contributed by atoms with Gasteiger partial charge in [0.15, 0.2) is 0 Å². The summed E-state index contributed by atoms with van der Waals surface area (Å²) in [5, 5.41) is 2.66. The van der Waals surface area contributed by atoms with Crippen molar-refractivity contribution in [1.82, 2.24) is 4.72 Å². The molecule has 0 heterocycles. The van der Waals surface area contributed by atoms with Crippen LogP contribution >= 0.6 is 12.4 Å². The zero-order valence-electron chi connectivity index (χ0n) is 13.0. The van der Waals surface area contributed by atoms with Crippen LogP contribution in [0.1, 0.15) is 19.8 Å². The lowest BCUT2D eigenvalue weighted by Crippen LogP contribution is -2.28. The minimum Gasteiger partial charge on any atom is -0.495 e. The minimum atomic E-state index is -3.59. The number of carbonyl (C=O) groups is 1. The van der Waals surface area contributed by atoms with E-state index in [-0.39, 0.29) is 41.7 Å². The summed E-state index contributed by atoms with van der Waals surface area (Å²) >= 11 is 0. The van der Waals surface area contributed by atoms with Gasteiger partial charge in [-0.3, -0.25) is 4.79 Å². The summed E-state index contributed by atoms with van der Waals surface area (Å²) < 4.78 is 32.2. The van der Waals surface area contributed by atoms with Gasteiger partial charge in [0.25, 0.3) is 0 Å². The summed E-state index contributed by atoms with van der Waals surface area (Å²) in [6.07, 6.45) is 1.71. The molecule has 1 fully saturated rings. The third-order valence-electron chi connectivity index (χ3n) is 3.44. The van der Waals surface area contributed by atoms with Crippen molar-refractivity contribution in [3.63, 3.8) is 0 Å². The third-order valence-corrected chi connectivity index (χ3v) is 4.96. The van der Waals surface area contributed by atoms with Gasteiger partial charge in [-0.1, -0.05) is 6.92 Å². The van der Waals surface area contributed by atoms with Gasteiger partial charge in [0.1, 0.15) is 5.75 Å². The van der Waals surface area contributed by atoms with Crippen molar-refractivity contribution < 1.29 is 17.9 Å². The Kier molecular flexibility index (Phi) is 6.82. The van der Waals surface area contributed by atoms with Crippen LogP contribution in [0.25, 0.3) is 0 Å². The number of nitrogens with two attached hydrogens (primary N) is 1. The molecule has 0 radical (unpaired) electrons. The second kappa shape index (κ2) is 7.96. The number of carbonyl (C=O) groups excluding carboxylic acids is 1. The van der Waals surface area contributed by atoms with Gasteiger partial charge in [0.05, 0.1) is 17.7 Å². The van der Waals surface area contributed by atoms with Gasteiger partial charge in [0, 0.05) is 18.5 Å². The average Bonchev–Trinajstić information content (AvgIpc) is 3.29. The van der Waals surface area contributed by atoms with E-state index in [1.165, 1.54) is 25.3 Å². The summed E-state index contributed by atoms with van der Waals surface area (Å²) in [7, 11) is -2.14. The molecule has 1 aliphatic rings. The number of benzene rings is 1. The minimum absolute atomic E-state index is 0. The lowest BCUT2D eigenvalue weighted by molar-refractivity contribution is -0.119. The zero-order chi connectivity index (χ0) is 16.3. The first kappa shape index (κ1) is 19.7. The summed E-state index contributed by atoms with van der Waals surface area (Å²) in [4.78, 5) is 12.0. The average molecular weight is 364 g/mol. The van der Waals surface area contributed by atoms with Crippen molar-refractivity contribution in [2.24, 2.45) is 11.7 Å². The SMILES string of the molecule is COc1ccc(S(=O)(=O)NC2CC2)cc1NC(=O)C(C)CN.Cl. The molecule has 4 N–H and O–H groups in total. The van der Waals surface area contributed by atoms with Crippen molar-refractivity contribution >= 4 is 34.0 Å². The van der Waals surface area contributed by atoms with Crippen LogP contribution in [0.4, 0.5) is 5.69 Å². The summed E-state index contributed by atoms with van der Waals surface area (Å²) in [6, 6.07) is 4.38. The van der Waals surface area contributed by atoms with Gasteiger partial charge in [-0.2, -0.15) is 0 Å². The fourth-order valence-electron chi connectivity index (χ4n) is 1.80. The predicted octanol–water partition coefficient (Wildman–Crippen LogP) is 1.09. The Bertz CT molecular complexity index is 662. The third kappa shape index (κ3) is 5.07. The van der Waals surface area contributed by atoms with E-state index >= 15 is 0 Å². The van der Waals surface area contributed by atoms with Crippen LogP contribution in [0.3, 0.4) is 0 Å². The first-order valence-corrected chi connectivity index (χ1v) is 8.57. The van der Waals surface area contributed by atoms with Gasteiger partial charge < -0.3 is 15.8 Å². The molecule has 1 aromatic carbocycles. The van der Waals surface area contributed by atoms with Crippen molar-refractivity contribution in [2.45, 2.75) is 30.7 Å². The van der Waals surface area contributed by atoms with Gasteiger partial charge >= 0.3 is 0 Å². The fourth-order valence-corrected chi connectivity index (χ4v) is 3.13. The molecule has 2 rings (SSSR count). The maximum absolute atomic E-state index is 12.2. The number of ether oxygens (including phenoxy) is 1. The zero-order valence-corrected chi connectivity index (χ0v) is 14.7. The van der Waals surface area contributed by atoms with Gasteiger partial charge in [-0.05, 0) is 31.0 Å². The highest BCUT2D eigenvalue weighted by Gasteiger charge is 2.28. The Hall–Kier alpha value is -1.35. The van der Waals surface area contributed by atoms with Gasteiger partial charge in [-0.15, -0.1) is 12.4 Å². The Morgan fingerprint density at radius 3 is 2.61 bits per heavy atom. The molecule has 1 atom stereocenters. The van der Waals surface area contributed by atoms with Crippen molar-refractivity contribution in [3.05, 3.63) is 18.2 Å². The van der Waals surface area contributed by atoms with Crippen LogP contribution in [-0.2, 0) is 14.8 Å². The van der Waals surface area contributed by atoms with Crippen LogP contribution in [0, 0.1) is 5.92 Å². The molecule has 0 aromatic heterocycles. The fraction of sp³-hybridized carbons (Fsp3) is 0.500. The lowest BCUT2D eigenvalue weighted by Gasteiger charge is -2.14. The molecule has 0 spiro atoms. The maximum atomic E-state index is 12.2. The number of halogens is 1. The second-order valence-corrected chi connectivity index (χ2v) is 7.10. The number of rotatable bonds is 7. The van der Waals surface area contributed by atoms with Crippen LogP contribution in [0.15, 0.2) is 23.1 Å². The summed E-state index contributed by atoms with van der Waals surface area (Å²) in [5.74, 6) is -0.275. The molecule has 1 aromatic rings. The highest BCUT2D eigenvalue weighted by Crippen LogP contribution is 2.29. The molecular weight excluding hydrogens is 342 g/mol. The largest absolute Gasteiger partial charge is 0.495 e. The van der Waals surface area contributed by atoms with E-state index in [0.29, 0.717) is 11.4 Å². The molecular formula is C14H22ClN3O4S. The van der Waals surface area contributed by atoms with E-state index in [1.807, 2.05) is 0 Å². The van der Waals surface area contributed by atoms with Crippen LogP contribution < -0.4 is 20.5 Å². The molecule has 0 saturated heterocycles. The van der Waals surface area contributed by atoms with E-state index in [1.54, 1.807) is 6.92 Å². The molecule has 23 heavy (non-hydrogen) atoms. The quantitative estimate of drug-likeness (QED) is 0.671. The first-order chi connectivity index (χ1) is 10.4. The molecule has 9 heteroatoms. The number of sulfonamides is 1. The Labute approximate surface area is 142 Å². The molecule has 1 saturated carbocycles. The lowest BCUT2D eigenvalue weighted by atomic mass is 10.1. The first-order valence-electron chi connectivity index (χ1n) is 7.08. The highest BCUT2D eigenvalue weighted by molar-refractivity contribution is 7.89. The standard InChI is InChI=1S/C14H21N3O4S.ClH/c1-9(8-15)14(18)16-12-7-11(5-6-13(12)21-2)22(19,20)17-10-3-4-10;/h5-7,9-10,17H,3-4,8,15H2,1-2H3,(H,16,18);1H. The van der Waals surface area contributed by atoms with Gasteiger partial charge in [-0.25, -0.2) is 13.1 Å². The van der Waals surface area contributed by atoms with Crippen molar-refractivity contribution in [3.8, 4) is 5.75 Å². The second-order valence-electron chi connectivity index (χ2n) is 5.38. The smallest absolute Gasteiger partial charge is 0.240 e. The number of hydrogen-bond donors (Lipinski definition) is 3. The number of amides is 1. The van der Waals surface area contributed by atoms with Crippen LogP contribution in [0.5, 0.6) is 5.75 Å². The van der Waals surface area contributed by atoms with E-state index in [9.17, 15) is 13.2 Å². The van der Waals surface area contributed by atoms with E-state index in [0.717, 1.165) is 12.8 Å². The number of anilines is 1. The Morgan fingerprint density at radius 2 is 2.09 bits per heavy atom. The monoisotopic (exact) mass is 363 g/mol. The molecule has 130 valence electrons. The highest BCUT2D eigenvalue weighted by atomic mass is 35.5. The summed E-state index contributed by atoms with van der Waals surface area (Å²) in [5.41, 5.74) is 5.77. The van der Waals surface area contributed by atoms with Gasteiger partial charge in [0.2, 0.25) is 15.9 Å². The molecule has 1 aliphatic carbocycles. The maximum Gasteiger partial charge on any atom is 0.240 e. The molecule has 1 unspecified atom stereocenters. The van der Waals surface area contributed by atoms with Crippen LogP contribution in [-0.4, -0.2) is 34.0 Å². The number of nitrogens with one attached hydrogen (secondary N) is 2. The van der Waals surface area contributed by atoms with E-state index < -0.39 is 10.0 Å². The van der Waals surface area contributed by atoms with Crippen molar-refractivity contribution in [1.29, 1.82) is 0 Å². The van der Waals surface area contributed by atoms with E-state index in [4.69, 9.17) is 10.5 Å². The summed E-state index contributed by atoms with van der Waals surface area (Å²) in [6.45, 7) is 1.90. The predicted molar refractivity (Wildman–Crippen MR) is 90.4 cm³/mol. The normalized spacial score (nSPS) is 15.4. The number of hydrogen-bond acceptors (Lipinski definition) is 5. The Balaban J connectivity index is 0.00000264. The molecule has 7 nitrogen and oxygen atoms in total. The Morgan fingerprint density at radius 1 is 1.43 bits per heavy atom.